The van der Waals surface area contributed by atoms with Crippen LogP contribution in [0.15, 0.2) is 0 Å². The van der Waals surface area contributed by atoms with E-state index in [1.165, 1.54) is 116 Å². The molecular formula is C29H63O7P. The number of aliphatic hydroxyl groups is 4. The van der Waals surface area contributed by atoms with Crippen LogP contribution in [0.4, 0.5) is 0 Å². The minimum Gasteiger partial charge on any atom is -0.396 e. The molecule has 0 aliphatic heterocycles. The maximum absolute atomic E-state index is 9.76. The average molecular weight is 555 g/mol. The van der Waals surface area contributed by atoms with E-state index in [2.05, 4.69) is 13.8 Å². The molecule has 8 heteroatoms. The van der Waals surface area contributed by atoms with Crippen molar-refractivity contribution in [3.63, 3.8) is 0 Å². The minimum absolute atomic E-state index is 0.406. The summed E-state index contributed by atoms with van der Waals surface area (Å²) in [6.07, 6.45) is 26.4. The SMILES string of the molecule is CCCCCCCCCCCCOP(O)OCCCCCCCCCCCC.OCC(CO)(CO)CO. The Morgan fingerprint density at radius 2 is 0.676 bits per heavy atom. The minimum atomic E-state index is -1.65. The molecule has 0 atom stereocenters. The fourth-order valence-corrected chi connectivity index (χ4v) is 4.45. The van der Waals surface area contributed by atoms with Gasteiger partial charge in [0.25, 0.3) is 0 Å². The summed E-state index contributed by atoms with van der Waals surface area (Å²) in [5.41, 5.74) is -1.11. The van der Waals surface area contributed by atoms with Gasteiger partial charge in [0.2, 0.25) is 0 Å². The lowest BCUT2D eigenvalue weighted by atomic mass is 9.93. The van der Waals surface area contributed by atoms with Crippen molar-refractivity contribution in [1.82, 2.24) is 0 Å². The lowest BCUT2D eigenvalue weighted by Crippen LogP contribution is -2.37. The molecule has 0 aromatic rings. The van der Waals surface area contributed by atoms with Gasteiger partial charge in [0, 0.05) is 0 Å². The third-order valence-corrected chi connectivity index (χ3v) is 7.55. The van der Waals surface area contributed by atoms with Crippen LogP contribution in [0.25, 0.3) is 0 Å². The molecule has 0 aromatic carbocycles. The van der Waals surface area contributed by atoms with Crippen LogP contribution < -0.4 is 0 Å². The Bertz CT molecular complexity index is 368. The summed E-state index contributed by atoms with van der Waals surface area (Å²) in [4.78, 5) is 9.76. The zero-order valence-corrected chi connectivity index (χ0v) is 25.3. The van der Waals surface area contributed by atoms with Gasteiger partial charge >= 0.3 is 8.60 Å². The van der Waals surface area contributed by atoms with Gasteiger partial charge in [0.05, 0.1) is 45.1 Å². The van der Waals surface area contributed by atoms with E-state index in [1.54, 1.807) is 0 Å². The molecule has 0 radical (unpaired) electrons. The molecule has 0 bridgehead atoms. The molecule has 0 heterocycles. The molecule has 0 amide bonds. The zero-order valence-electron chi connectivity index (χ0n) is 24.4. The predicted octanol–water partition coefficient (Wildman–Crippen LogP) is 7.02. The van der Waals surface area contributed by atoms with Crippen LogP contribution in [0.5, 0.6) is 0 Å². The Balaban J connectivity index is 0. The van der Waals surface area contributed by atoms with E-state index in [1.807, 2.05) is 0 Å². The fourth-order valence-electron chi connectivity index (χ4n) is 3.80. The van der Waals surface area contributed by atoms with Gasteiger partial charge in [-0.15, -0.1) is 0 Å². The van der Waals surface area contributed by atoms with Crippen molar-refractivity contribution in [3.8, 4) is 0 Å². The lowest BCUT2D eigenvalue weighted by Gasteiger charge is -2.23. The Labute approximate surface area is 230 Å². The first-order chi connectivity index (χ1) is 18.1. The molecular weight excluding hydrogens is 491 g/mol. The highest BCUT2D eigenvalue weighted by Crippen LogP contribution is 2.33. The van der Waals surface area contributed by atoms with Gasteiger partial charge in [0.15, 0.2) is 0 Å². The number of hydrogen-bond donors (Lipinski definition) is 5. The predicted molar refractivity (Wildman–Crippen MR) is 156 cm³/mol. The van der Waals surface area contributed by atoms with Crippen LogP contribution in [0.2, 0.25) is 0 Å². The standard InChI is InChI=1S/C24H51O3P.C5H12O4/c1-3-5-7-9-11-13-15-17-19-21-23-26-28(25)27-24-22-20-18-16-14-12-10-8-6-4-2;6-1-5(2-7,3-8)4-9/h25H,3-24H2,1-2H3;6-9H,1-4H2. The summed E-state index contributed by atoms with van der Waals surface area (Å²) in [5.74, 6) is 0. The molecule has 226 valence electrons. The summed E-state index contributed by atoms with van der Waals surface area (Å²) in [6, 6.07) is 0. The Hall–Kier alpha value is 0.150. The van der Waals surface area contributed by atoms with E-state index >= 15 is 0 Å². The number of hydrogen-bond acceptors (Lipinski definition) is 7. The largest absolute Gasteiger partial charge is 0.396 e. The molecule has 0 fully saturated rings. The maximum Gasteiger partial charge on any atom is 0.329 e. The van der Waals surface area contributed by atoms with Crippen molar-refractivity contribution >= 4 is 8.60 Å². The molecule has 7 nitrogen and oxygen atoms in total. The van der Waals surface area contributed by atoms with Crippen LogP contribution >= 0.6 is 8.60 Å². The quantitative estimate of drug-likeness (QED) is 0.0520. The van der Waals surface area contributed by atoms with Crippen LogP contribution in [-0.2, 0) is 9.05 Å². The summed E-state index contributed by atoms with van der Waals surface area (Å²) in [5, 5.41) is 34.0. The number of aliphatic hydroxyl groups excluding tert-OH is 4. The topological polar surface area (TPSA) is 120 Å². The smallest absolute Gasteiger partial charge is 0.329 e. The van der Waals surface area contributed by atoms with E-state index in [9.17, 15) is 4.89 Å². The van der Waals surface area contributed by atoms with Crippen molar-refractivity contribution in [2.75, 3.05) is 39.6 Å². The summed E-state index contributed by atoms with van der Waals surface area (Å²) < 4.78 is 10.8. The highest BCUT2D eigenvalue weighted by molar-refractivity contribution is 7.40. The van der Waals surface area contributed by atoms with Gasteiger partial charge in [-0.25, -0.2) is 0 Å². The number of rotatable bonds is 28. The van der Waals surface area contributed by atoms with E-state index < -0.39 is 40.4 Å². The normalized spacial score (nSPS) is 11.7. The molecule has 0 aromatic heterocycles. The zero-order chi connectivity index (χ0) is 27.9. The lowest BCUT2D eigenvalue weighted by molar-refractivity contribution is -0.0328. The van der Waals surface area contributed by atoms with Crippen LogP contribution in [0, 0.1) is 5.41 Å². The molecule has 0 rings (SSSR count). The fraction of sp³-hybridized carbons (Fsp3) is 1.00. The molecule has 5 N–H and O–H groups in total. The van der Waals surface area contributed by atoms with Crippen molar-refractivity contribution in [1.29, 1.82) is 0 Å². The summed E-state index contributed by atoms with van der Waals surface area (Å²) in [6.45, 7) is 4.18. The van der Waals surface area contributed by atoms with E-state index in [0.717, 1.165) is 12.8 Å². The maximum atomic E-state index is 9.76. The molecule has 0 saturated heterocycles. The Morgan fingerprint density at radius 1 is 0.432 bits per heavy atom. The first kappa shape index (κ1) is 39.3. The molecule has 37 heavy (non-hydrogen) atoms. The van der Waals surface area contributed by atoms with Gasteiger partial charge in [0.1, 0.15) is 0 Å². The highest BCUT2D eigenvalue weighted by Gasteiger charge is 2.26. The second-order valence-electron chi connectivity index (χ2n) is 10.4. The van der Waals surface area contributed by atoms with Gasteiger partial charge in [-0.2, -0.15) is 0 Å². The second kappa shape index (κ2) is 32.4. The van der Waals surface area contributed by atoms with E-state index in [0.29, 0.717) is 13.2 Å². The van der Waals surface area contributed by atoms with Crippen molar-refractivity contribution in [2.24, 2.45) is 5.41 Å². The molecule has 0 aliphatic rings. The van der Waals surface area contributed by atoms with Crippen molar-refractivity contribution < 1.29 is 34.4 Å². The first-order valence-corrected chi connectivity index (χ1v) is 16.4. The first-order valence-electron chi connectivity index (χ1n) is 15.2. The van der Waals surface area contributed by atoms with Crippen LogP contribution in [0.1, 0.15) is 142 Å². The third-order valence-electron chi connectivity index (χ3n) is 6.74. The van der Waals surface area contributed by atoms with Crippen LogP contribution in [-0.4, -0.2) is 65.0 Å². The summed E-state index contributed by atoms with van der Waals surface area (Å²) >= 11 is 0. The molecule has 0 unspecified atom stereocenters. The molecule has 0 aliphatic carbocycles. The highest BCUT2D eigenvalue weighted by atomic mass is 31.2. The van der Waals surface area contributed by atoms with Crippen LogP contribution in [0.3, 0.4) is 0 Å². The number of unbranched alkanes of at least 4 members (excludes halogenated alkanes) is 18. The van der Waals surface area contributed by atoms with E-state index in [4.69, 9.17) is 29.5 Å². The third kappa shape index (κ3) is 29.0. The monoisotopic (exact) mass is 554 g/mol. The molecule has 0 saturated carbocycles. The Morgan fingerprint density at radius 3 is 0.892 bits per heavy atom. The summed E-state index contributed by atoms with van der Waals surface area (Å²) in [7, 11) is -1.65. The van der Waals surface area contributed by atoms with Crippen molar-refractivity contribution in [3.05, 3.63) is 0 Å². The second-order valence-corrected chi connectivity index (χ2v) is 11.4. The van der Waals surface area contributed by atoms with Gasteiger partial charge in [-0.3, -0.25) is 0 Å². The van der Waals surface area contributed by atoms with Gasteiger partial charge in [-0.1, -0.05) is 129 Å². The van der Waals surface area contributed by atoms with Gasteiger partial charge in [-0.05, 0) is 12.8 Å². The van der Waals surface area contributed by atoms with Gasteiger partial charge < -0.3 is 34.4 Å². The average Bonchev–Trinajstić information content (AvgIpc) is 2.92. The Kier molecular flexibility index (Phi) is 34.4. The molecule has 0 spiro atoms. The van der Waals surface area contributed by atoms with Crippen molar-refractivity contribution in [2.45, 2.75) is 142 Å². The van der Waals surface area contributed by atoms with E-state index in [-0.39, 0.29) is 0 Å².